The Labute approximate surface area is 81.8 Å². The van der Waals surface area contributed by atoms with Gasteiger partial charge in [0.15, 0.2) is 0 Å². The summed E-state index contributed by atoms with van der Waals surface area (Å²) in [4.78, 5) is 0. The second kappa shape index (κ2) is 6.21. The van der Waals surface area contributed by atoms with E-state index < -0.39 is 0 Å². The Morgan fingerprint density at radius 3 is 2.09 bits per heavy atom. The van der Waals surface area contributed by atoms with E-state index in [4.69, 9.17) is 0 Å². The van der Waals surface area contributed by atoms with Crippen molar-refractivity contribution in [2.45, 2.75) is 39.5 Å². The molecule has 0 aliphatic rings. The first kappa shape index (κ1) is 11.7. The molecule has 3 heteroatoms. The van der Waals surface area contributed by atoms with Gasteiger partial charge in [-0.05, 0) is 19.8 Å². The molecule has 1 nitrogen and oxygen atoms in total. The van der Waals surface area contributed by atoms with Crippen molar-refractivity contribution >= 4 is 25.6 Å². The van der Waals surface area contributed by atoms with Crippen LogP contribution in [-0.2, 0) is 0 Å². The molecule has 11 heavy (non-hydrogen) atoms. The van der Waals surface area contributed by atoms with E-state index >= 15 is 0 Å². The van der Waals surface area contributed by atoms with Crippen LogP contribution < -0.4 is 0 Å². The van der Waals surface area contributed by atoms with Crippen LogP contribution in [-0.4, -0.2) is 16.4 Å². The Kier molecular flexibility index (Phi) is 6.58. The van der Waals surface area contributed by atoms with Gasteiger partial charge in [-0.15, -0.1) is 0 Å². The molecule has 0 rings (SSSR count). The molecule has 0 amide bonds. The molecule has 0 spiro atoms. The highest BCUT2D eigenvalue weighted by Crippen LogP contribution is 2.17. The number of quaternary nitrogens is 1. The fraction of sp³-hybridized carbons (Fsp3) is 1.00. The maximum absolute atomic E-state index is 4.39. The maximum atomic E-state index is 4.39. The Hall–Kier alpha value is 0.660. The van der Waals surface area contributed by atoms with Gasteiger partial charge in [-0.1, -0.05) is 19.8 Å². The van der Waals surface area contributed by atoms with Crippen molar-refractivity contribution in [2.75, 3.05) is 13.1 Å². The van der Waals surface area contributed by atoms with E-state index in [-0.39, 0.29) is 0 Å². The third-order valence-corrected chi connectivity index (χ3v) is 2.84. The van der Waals surface area contributed by atoms with E-state index in [1.165, 1.54) is 25.7 Å². The van der Waals surface area contributed by atoms with Gasteiger partial charge in [0.1, 0.15) is 0 Å². The highest BCUT2D eigenvalue weighted by molar-refractivity contribution is 7.87. The van der Waals surface area contributed by atoms with Crippen molar-refractivity contribution in [1.82, 2.24) is 0 Å². The number of unbranched alkanes of at least 4 members (excludes halogenated alkanes) is 3. The summed E-state index contributed by atoms with van der Waals surface area (Å²) in [6, 6.07) is 0. The summed E-state index contributed by atoms with van der Waals surface area (Å²) in [5.74, 6) is 0. The van der Waals surface area contributed by atoms with Crippen LogP contribution in [0, 0.1) is 0 Å². The predicted octanol–water partition coefficient (Wildman–Crippen LogP) is 3.09. The molecule has 0 bridgehead atoms. The van der Waals surface area contributed by atoms with Gasteiger partial charge in [0, 0.05) is 0 Å². The summed E-state index contributed by atoms with van der Waals surface area (Å²) in [6.07, 6.45) is 5.20. The lowest BCUT2D eigenvalue weighted by molar-refractivity contribution is -0.637. The monoisotopic (exact) mass is 194 g/mol. The first-order valence-corrected chi connectivity index (χ1v) is 5.25. The lowest BCUT2D eigenvalue weighted by atomic mass is 10.2. The van der Waals surface area contributed by atoms with E-state index in [1.807, 2.05) is 0 Å². The first-order valence-electron chi connectivity index (χ1n) is 4.45. The molecular weight excluding hydrogens is 174 g/mol. The number of hydrogen-bond donors (Lipinski definition) is 2. The number of thiol groups is 2. The van der Waals surface area contributed by atoms with E-state index in [1.54, 1.807) is 0 Å². The maximum Gasteiger partial charge on any atom is 0.0998 e. The summed E-state index contributed by atoms with van der Waals surface area (Å²) in [6.45, 7) is 6.39. The zero-order chi connectivity index (χ0) is 8.74. The van der Waals surface area contributed by atoms with Crippen LogP contribution in [0.25, 0.3) is 0 Å². The second-order valence-electron chi connectivity index (χ2n) is 2.98. The van der Waals surface area contributed by atoms with Gasteiger partial charge in [-0.2, -0.15) is 0 Å². The van der Waals surface area contributed by atoms with E-state index in [9.17, 15) is 0 Å². The molecule has 0 aliphatic carbocycles. The largest absolute Gasteiger partial charge is 0.206 e. The van der Waals surface area contributed by atoms with Crippen molar-refractivity contribution in [1.29, 1.82) is 0 Å². The molecular formula is C8H20NS2+. The molecule has 0 saturated heterocycles. The summed E-state index contributed by atoms with van der Waals surface area (Å²) in [7, 11) is 0. The molecule has 0 heterocycles. The zero-order valence-electron chi connectivity index (χ0n) is 7.58. The Bertz CT molecular complexity index is 94.1. The van der Waals surface area contributed by atoms with Crippen LogP contribution >= 0.6 is 25.6 Å². The lowest BCUT2D eigenvalue weighted by Gasteiger charge is -2.21. The quantitative estimate of drug-likeness (QED) is 0.362. The van der Waals surface area contributed by atoms with Gasteiger partial charge in [0.05, 0.1) is 38.7 Å². The van der Waals surface area contributed by atoms with Gasteiger partial charge in [-0.25, -0.2) is 3.29 Å². The normalized spacial score (nSPS) is 12.0. The number of hydrogen-bond acceptors (Lipinski definition) is 2. The van der Waals surface area contributed by atoms with E-state index in [0.29, 0.717) is 3.29 Å². The Balaban J connectivity index is 3.23. The van der Waals surface area contributed by atoms with Gasteiger partial charge < -0.3 is 0 Å². The molecule has 0 saturated carbocycles. The smallest absolute Gasteiger partial charge is 0.0998 e. The number of rotatable bonds is 6. The zero-order valence-corrected chi connectivity index (χ0v) is 9.37. The standard InChI is InChI=1S/C8H20NS2/c1-3-5-6-7-8-9(10,11)4-2/h10-11H,3-8H2,1-2H3/q+1. The highest BCUT2D eigenvalue weighted by Gasteiger charge is 2.14. The van der Waals surface area contributed by atoms with Crippen molar-refractivity contribution in [2.24, 2.45) is 0 Å². The first-order chi connectivity index (χ1) is 5.12. The van der Waals surface area contributed by atoms with Crippen molar-refractivity contribution in [3.05, 3.63) is 0 Å². The molecule has 0 aromatic carbocycles. The summed E-state index contributed by atoms with van der Waals surface area (Å²) in [5, 5.41) is 0. The second-order valence-corrected chi connectivity index (χ2v) is 4.83. The number of nitrogens with zero attached hydrogens (tertiary/aromatic N) is 1. The van der Waals surface area contributed by atoms with Crippen LogP contribution in [0.3, 0.4) is 0 Å². The molecule has 0 N–H and O–H groups in total. The summed E-state index contributed by atoms with van der Waals surface area (Å²) < 4.78 is 0.573. The lowest BCUT2D eigenvalue weighted by Crippen LogP contribution is -2.27. The third kappa shape index (κ3) is 7.04. The molecule has 0 fully saturated rings. The van der Waals surface area contributed by atoms with E-state index in [2.05, 4.69) is 39.5 Å². The minimum absolute atomic E-state index is 0.573. The van der Waals surface area contributed by atoms with Crippen molar-refractivity contribution in [3.8, 4) is 0 Å². The van der Waals surface area contributed by atoms with Crippen LogP contribution in [0.2, 0.25) is 0 Å². The van der Waals surface area contributed by atoms with Crippen LogP contribution in [0.5, 0.6) is 0 Å². The average molecular weight is 194 g/mol. The fourth-order valence-electron chi connectivity index (χ4n) is 0.950. The minimum atomic E-state index is 0.573. The molecule has 68 valence electrons. The SMILES string of the molecule is CCCCCC[N+](S)(S)CC. The van der Waals surface area contributed by atoms with Crippen LogP contribution in [0.4, 0.5) is 0 Å². The topological polar surface area (TPSA) is 0 Å². The Morgan fingerprint density at radius 1 is 1.00 bits per heavy atom. The average Bonchev–Trinajstić information content (AvgIpc) is 1.99. The molecule has 0 atom stereocenters. The van der Waals surface area contributed by atoms with Gasteiger partial charge in [0.25, 0.3) is 0 Å². The fourth-order valence-corrected chi connectivity index (χ4v) is 1.23. The highest BCUT2D eigenvalue weighted by atomic mass is 32.2. The van der Waals surface area contributed by atoms with Crippen molar-refractivity contribution in [3.63, 3.8) is 0 Å². The van der Waals surface area contributed by atoms with Gasteiger partial charge >= 0.3 is 0 Å². The Morgan fingerprint density at radius 2 is 1.64 bits per heavy atom. The minimum Gasteiger partial charge on any atom is -0.206 e. The molecule has 0 aromatic rings. The summed E-state index contributed by atoms with van der Waals surface area (Å²) >= 11 is 8.78. The molecule has 0 unspecified atom stereocenters. The van der Waals surface area contributed by atoms with Crippen LogP contribution in [0.15, 0.2) is 0 Å². The van der Waals surface area contributed by atoms with Gasteiger partial charge in [0.2, 0.25) is 0 Å². The van der Waals surface area contributed by atoms with Gasteiger partial charge in [-0.3, -0.25) is 0 Å². The third-order valence-electron chi connectivity index (χ3n) is 1.88. The molecule has 0 aromatic heterocycles. The predicted molar refractivity (Wildman–Crippen MR) is 57.8 cm³/mol. The van der Waals surface area contributed by atoms with Crippen LogP contribution in [0.1, 0.15) is 39.5 Å². The summed E-state index contributed by atoms with van der Waals surface area (Å²) in [5.41, 5.74) is 0. The van der Waals surface area contributed by atoms with Crippen molar-refractivity contribution < 1.29 is 3.29 Å². The molecule has 0 aliphatic heterocycles. The molecule has 0 radical (unpaired) electrons. The van der Waals surface area contributed by atoms with E-state index in [0.717, 1.165) is 13.1 Å².